The number of halogens is 3. The predicted molar refractivity (Wildman–Crippen MR) is 91.7 cm³/mol. The van der Waals surface area contributed by atoms with Crippen LogP contribution in [0.1, 0.15) is 42.9 Å². The molecule has 2 rings (SSSR count). The maximum absolute atomic E-state index is 14.3. The van der Waals surface area contributed by atoms with E-state index in [1.54, 1.807) is 12.1 Å². The highest BCUT2D eigenvalue weighted by Crippen LogP contribution is 2.31. The van der Waals surface area contributed by atoms with Gasteiger partial charge in [0.1, 0.15) is 11.6 Å². The zero-order valence-corrected chi connectivity index (χ0v) is 13.9. The zero-order chi connectivity index (χ0) is 17.5. The van der Waals surface area contributed by atoms with E-state index in [1.165, 1.54) is 31.4 Å². The number of ether oxygens (including phenoxy) is 1. The Morgan fingerprint density at radius 2 is 1.67 bits per heavy atom. The van der Waals surface area contributed by atoms with Gasteiger partial charge in [-0.25, -0.2) is 13.2 Å². The summed E-state index contributed by atoms with van der Waals surface area (Å²) in [5.41, 5.74) is 0.762. The molecule has 0 saturated carbocycles. The SMILES string of the molecule is CCCCCc1ccc(/C(F)=C(\F)c2ccc(OC)cc2F)cc1. The third kappa shape index (κ3) is 4.40. The summed E-state index contributed by atoms with van der Waals surface area (Å²) in [6.45, 7) is 2.13. The minimum Gasteiger partial charge on any atom is -0.497 e. The van der Waals surface area contributed by atoms with E-state index >= 15 is 0 Å². The van der Waals surface area contributed by atoms with Crippen LogP contribution >= 0.6 is 0 Å². The molecule has 0 atom stereocenters. The molecule has 24 heavy (non-hydrogen) atoms. The minimum atomic E-state index is -1.21. The summed E-state index contributed by atoms with van der Waals surface area (Å²) >= 11 is 0. The summed E-state index contributed by atoms with van der Waals surface area (Å²) in [4.78, 5) is 0. The first-order valence-electron chi connectivity index (χ1n) is 8.05. The molecule has 0 spiro atoms. The molecule has 0 fully saturated rings. The molecular weight excluding hydrogens is 313 g/mol. The van der Waals surface area contributed by atoms with Crippen molar-refractivity contribution in [1.29, 1.82) is 0 Å². The normalized spacial score (nSPS) is 12.0. The Morgan fingerprint density at radius 1 is 0.958 bits per heavy atom. The van der Waals surface area contributed by atoms with Crippen LogP contribution in [-0.4, -0.2) is 7.11 Å². The molecule has 2 aromatic carbocycles. The van der Waals surface area contributed by atoms with E-state index < -0.39 is 23.0 Å². The summed E-state index contributed by atoms with van der Waals surface area (Å²) in [5, 5.41) is 0. The van der Waals surface area contributed by atoms with Crippen molar-refractivity contribution in [3.05, 3.63) is 65.0 Å². The Morgan fingerprint density at radius 3 is 2.25 bits per heavy atom. The van der Waals surface area contributed by atoms with Crippen LogP contribution in [0.5, 0.6) is 5.75 Å². The lowest BCUT2D eigenvalue weighted by atomic mass is 10.0. The number of benzene rings is 2. The Kier molecular flexibility index (Phi) is 6.47. The fraction of sp³-hybridized carbons (Fsp3) is 0.300. The molecule has 0 N–H and O–H groups in total. The second-order valence-corrected chi connectivity index (χ2v) is 5.63. The lowest BCUT2D eigenvalue weighted by Gasteiger charge is -2.07. The molecule has 0 aliphatic heterocycles. The zero-order valence-electron chi connectivity index (χ0n) is 13.9. The van der Waals surface area contributed by atoms with Crippen LogP contribution in [-0.2, 0) is 6.42 Å². The summed E-state index contributed by atoms with van der Waals surface area (Å²) < 4.78 is 47.3. The molecule has 0 unspecified atom stereocenters. The van der Waals surface area contributed by atoms with Crippen LogP contribution in [0.4, 0.5) is 13.2 Å². The molecule has 0 aliphatic carbocycles. The van der Waals surface area contributed by atoms with Gasteiger partial charge in [0.2, 0.25) is 0 Å². The van der Waals surface area contributed by atoms with Crippen molar-refractivity contribution in [2.45, 2.75) is 32.6 Å². The average Bonchev–Trinajstić information content (AvgIpc) is 2.61. The lowest BCUT2D eigenvalue weighted by Crippen LogP contribution is -1.92. The van der Waals surface area contributed by atoms with E-state index in [2.05, 4.69) is 6.92 Å². The highest BCUT2D eigenvalue weighted by Gasteiger charge is 2.16. The van der Waals surface area contributed by atoms with Crippen molar-refractivity contribution in [2.75, 3.05) is 7.11 Å². The lowest BCUT2D eigenvalue weighted by molar-refractivity contribution is 0.411. The molecule has 1 nitrogen and oxygen atoms in total. The van der Waals surface area contributed by atoms with Crippen LogP contribution in [0.2, 0.25) is 0 Å². The standard InChI is InChI=1S/C20H21F3O/c1-3-4-5-6-14-7-9-15(10-8-14)19(22)20(23)17-12-11-16(24-2)13-18(17)21/h7-13H,3-6H2,1-2H3/b20-19+. The fourth-order valence-corrected chi connectivity index (χ4v) is 2.44. The Balaban J connectivity index is 2.22. The molecule has 0 aliphatic rings. The van der Waals surface area contributed by atoms with Gasteiger partial charge >= 0.3 is 0 Å². The number of aryl methyl sites for hydroxylation is 1. The van der Waals surface area contributed by atoms with Crippen molar-refractivity contribution in [2.24, 2.45) is 0 Å². The largest absolute Gasteiger partial charge is 0.497 e. The van der Waals surface area contributed by atoms with Crippen molar-refractivity contribution in [1.82, 2.24) is 0 Å². The van der Waals surface area contributed by atoms with Gasteiger partial charge in [0.25, 0.3) is 0 Å². The smallest absolute Gasteiger partial charge is 0.169 e. The van der Waals surface area contributed by atoms with Crippen LogP contribution in [0.3, 0.4) is 0 Å². The molecule has 128 valence electrons. The fourth-order valence-electron chi connectivity index (χ4n) is 2.44. The van der Waals surface area contributed by atoms with E-state index in [9.17, 15) is 13.2 Å². The average molecular weight is 334 g/mol. The van der Waals surface area contributed by atoms with Crippen molar-refractivity contribution >= 4 is 11.7 Å². The number of unbranched alkanes of at least 4 members (excludes halogenated alkanes) is 2. The van der Waals surface area contributed by atoms with Gasteiger partial charge in [-0.2, -0.15) is 0 Å². The maximum atomic E-state index is 14.3. The maximum Gasteiger partial charge on any atom is 0.169 e. The number of hydrogen-bond donors (Lipinski definition) is 0. The molecule has 2 aromatic rings. The molecule has 0 saturated heterocycles. The third-order valence-electron chi connectivity index (χ3n) is 3.88. The molecule has 0 bridgehead atoms. The summed E-state index contributed by atoms with van der Waals surface area (Å²) in [5.74, 6) is -2.90. The monoisotopic (exact) mass is 334 g/mol. The number of hydrogen-bond acceptors (Lipinski definition) is 1. The van der Waals surface area contributed by atoms with Gasteiger partial charge in [0, 0.05) is 17.2 Å². The van der Waals surface area contributed by atoms with E-state index in [4.69, 9.17) is 4.74 Å². The molecule has 0 heterocycles. The molecule has 0 amide bonds. The van der Waals surface area contributed by atoms with Crippen LogP contribution in [0, 0.1) is 5.82 Å². The highest BCUT2D eigenvalue weighted by molar-refractivity contribution is 5.83. The van der Waals surface area contributed by atoms with E-state index in [1.807, 2.05) is 0 Å². The third-order valence-corrected chi connectivity index (χ3v) is 3.88. The highest BCUT2D eigenvalue weighted by atomic mass is 19.2. The van der Waals surface area contributed by atoms with Crippen LogP contribution in [0.25, 0.3) is 11.7 Å². The van der Waals surface area contributed by atoms with Gasteiger partial charge in [0.05, 0.1) is 7.11 Å². The predicted octanol–water partition coefficient (Wildman–Crippen LogP) is 6.33. The first-order chi connectivity index (χ1) is 11.6. The topological polar surface area (TPSA) is 9.23 Å². The Hall–Kier alpha value is -2.23. The van der Waals surface area contributed by atoms with Gasteiger partial charge in [-0.1, -0.05) is 44.0 Å². The minimum absolute atomic E-state index is 0.0990. The quantitative estimate of drug-likeness (QED) is 0.424. The van der Waals surface area contributed by atoms with Crippen LogP contribution < -0.4 is 4.74 Å². The molecule has 0 aromatic heterocycles. The summed E-state index contributed by atoms with van der Waals surface area (Å²) in [6.07, 6.45) is 4.25. The molecule has 4 heteroatoms. The second-order valence-electron chi connectivity index (χ2n) is 5.63. The summed E-state index contributed by atoms with van der Waals surface area (Å²) in [6, 6.07) is 10.2. The Bertz CT molecular complexity index is 705. The van der Waals surface area contributed by atoms with E-state index in [-0.39, 0.29) is 11.3 Å². The van der Waals surface area contributed by atoms with Crippen molar-refractivity contribution < 1.29 is 17.9 Å². The van der Waals surface area contributed by atoms with Gasteiger partial charge in [-0.05, 0) is 30.5 Å². The Labute approximate surface area is 140 Å². The molecule has 0 radical (unpaired) electrons. The van der Waals surface area contributed by atoms with Gasteiger partial charge in [-0.3, -0.25) is 0 Å². The first kappa shape index (κ1) is 18.1. The van der Waals surface area contributed by atoms with Crippen LogP contribution in [0.15, 0.2) is 42.5 Å². The van der Waals surface area contributed by atoms with Crippen molar-refractivity contribution in [3.8, 4) is 5.75 Å². The number of rotatable bonds is 7. The van der Waals surface area contributed by atoms with Gasteiger partial charge in [-0.15, -0.1) is 0 Å². The summed E-state index contributed by atoms with van der Waals surface area (Å²) in [7, 11) is 1.38. The second kappa shape index (κ2) is 8.57. The van der Waals surface area contributed by atoms with Gasteiger partial charge in [0.15, 0.2) is 11.7 Å². The first-order valence-corrected chi connectivity index (χ1v) is 8.05. The number of methoxy groups -OCH3 is 1. The van der Waals surface area contributed by atoms with Gasteiger partial charge < -0.3 is 4.74 Å². The van der Waals surface area contributed by atoms with Crippen molar-refractivity contribution in [3.63, 3.8) is 0 Å². The molecular formula is C20H21F3O. The van der Waals surface area contributed by atoms with E-state index in [0.717, 1.165) is 37.3 Å². The van der Waals surface area contributed by atoms with E-state index in [0.29, 0.717) is 0 Å².